The summed E-state index contributed by atoms with van der Waals surface area (Å²) in [6, 6.07) is 0.608. The van der Waals surface area contributed by atoms with Crippen LogP contribution in [0.1, 0.15) is 57.8 Å². The first-order valence-corrected chi connectivity index (χ1v) is 8.99. The summed E-state index contributed by atoms with van der Waals surface area (Å²) < 4.78 is 0. The Kier molecular flexibility index (Phi) is 4.85. The first-order chi connectivity index (χ1) is 10.2. The molecule has 3 fully saturated rings. The Bertz CT molecular complexity index is 357. The van der Waals surface area contributed by atoms with Gasteiger partial charge in [-0.25, -0.2) is 0 Å². The van der Waals surface area contributed by atoms with Crippen molar-refractivity contribution in [1.29, 1.82) is 0 Å². The van der Waals surface area contributed by atoms with Crippen LogP contribution >= 0.6 is 0 Å². The monoisotopic (exact) mass is 293 g/mol. The third kappa shape index (κ3) is 3.11. The Hall–Kier alpha value is -0.610. The van der Waals surface area contributed by atoms with Crippen molar-refractivity contribution in [2.24, 2.45) is 11.1 Å². The van der Waals surface area contributed by atoms with Crippen LogP contribution in [-0.2, 0) is 4.79 Å². The van der Waals surface area contributed by atoms with E-state index >= 15 is 0 Å². The second-order valence-electron chi connectivity index (χ2n) is 7.34. The van der Waals surface area contributed by atoms with Crippen molar-refractivity contribution in [3.63, 3.8) is 0 Å². The Labute approximate surface area is 129 Å². The molecule has 4 nitrogen and oxygen atoms in total. The number of carbonyl (C=O) groups excluding carboxylic acids is 1. The molecule has 0 aromatic heterocycles. The Balaban J connectivity index is 1.63. The standard InChI is InChI=1S/C17H31N3O/c18-14-17(8-3-1-2-4-9-17)16(21)20-12-7-15(13-20)19-10-5-6-11-19/h15H,1-14,18H2. The van der Waals surface area contributed by atoms with E-state index in [2.05, 4.69) is 9.80 Å². The van der Waals surface area contributed by atoms with Crippen LogP contribution in [0.15, 0.2) is 0 Å². The van der Waals surface area contributed by atoms with Crippen molar-refractivity contribution < 1.29 is 4.79 Å². The van der Waals surface area contributed by atoms with Crippen molar-refractivity contribution in [2.45, 2.75) is 63.8 Å². The lowest BCUT2D eigenvalue weighted by atomic mass is 9.79. The second-order valence-corrected chi connectivity index (χ2v) is 7.34. The SMILES string of the molecule is NCC1(C(=O)N2CCC(N3CCCC3)C2)CCCCCC1. The zero-order valence-electron chi connectivity index (χ0n) is 13.4. The summed E-state index contributed by atoms with van der Waals surface area (Å²) in [6.45, 7) is 4.89. The van der Waals surface area contributed by atoms with Crippen LogP contribution in [0.5, 0.6) is 0 Å². The maximum atomic E-state index is 13.1. The third-order valence-electron chi connectivity index (χ3n) is 6.01. The van der Waals surface area contributed by atoms with E-state index in [1.165, 1.54) is 51.6 Å². The van der Waals surface area contributed by atoms with Crippen molar-refractivity contribution in [1.82, 2.24) is 9.80 Å². The lowest BCUT2D eigenvalue weighted by molar-refractivity contribution is -0.141. The predicted molar refractivity (Wildman–Crippen MR) is 85.0 cm³/mol. The predicted octanol–water partition coefficient (Wildman–Crippen LogP) is 1.98. The molecule has 3 aliphatic rings. The van der Waals surface area contributed by atoms with Crippen molar-refractivity contribution >= 4 is 5.91 Å². The van der Waals surface area contributed by atoms with Gasteiger partial charge in [0, 0.05) is 25.7 Å². The van der Waals surface area contributed by atoms with Gasteiger partial charge in [0.05, 0.1) is 5.41 Å². The van der Waals surface area contributed by atoms with Crippen LogP contribution in [0.25, 0.3) is 0 Å². The number of likely N-dealkylation sites (tertiary alicyclic amines) is 2. The van der Waals surface area contributed by atoms with Crippen LogP contribution in [-0.4, -0.2) is 54.5 Å². The van der Waals surface area contributed by atoms with Gasteiger partial charge in [-0.1, -0.05) is 25.7 Å². The molecular weight excluding hydrogens is 262 g/mol. The van der Waals surface area contributed by atoms with Gasteiger partial charge in [0.15, 0.2) is 0 Å². The first-order valence-electron chi connectivity index (χ1n) is 8.99. The highest BCUT2D eigenvalue weighted by molar-refractivity contribution is 5.83. The molecule has 4 heteroatoms. The molecule has 1 aliphatic carbocycles. The summed E-state index contributed by atoms with van der Waals surface area (Å²) in [7, 11) is 0. The van der Waals surface area contributed by atoms with Gasteiger partial charge in [-0.3, -0.25) is 9.69 Å². The van der Waals surface area contributed by atoms with E-state index in [0.717, 1.165) is 32.4 Å². The fourth-order valence-electron chi connectivity index (χ4n) is 4.58. The number of hydrogen-bond donors (Lipinski definition) is 1. The number of rotatable bonds is 3. The van der Waals surface area contributed by atoms with E-state index in [0.29, 0.717) is 18.5 Å². The van der Waals surface area contributed by atoms with Crippen molar-refractivity contribution in [3.8, 4) is 0 Å². The maximum Gasteiger partial charge on any atom is 0.230 e. The average molecular weight is 293 g/mol. The minimum absolute atomic E-state index is 0.240. The van der Waals surface area contributed by atoms with Crippen molar-refractivity contribution in [2.75, 3.05) is 32.7 Å². The van der Waals surface area contributed by atoms with Crippen LogP contribution in [0, 0.1) is 5.41 Å². The Morgan fingerprint density at radius 3 is 2.29 bits per heavy atom. The smallest absolute Gasteiger partial charge is 0.230 e. The molecule has 0 aromatic rings. The van der Waals surface area contributed by atoms with Crippen LogP contribution < -0.4 is 5.73 Å². The van der Waals surface area contributed by atoms with E-state index in [1.807, 2.05) is 0 Å². The molecule has 0 spiro atoms. The largest absolute Gasteiger partial charge is 0.341 e. The molecule has 1 unspecified atom stereocenters. The maximum absolute atomic E-state index is 13.1. The fourth-order valence-corrected chi connectivity index (χ4v) is 4.58. The molecular formula is C17H31N3O. The molecule has 2 N–H and O–H groups in total. The molecule has 21 heavy (non-hydrogen) atoms. The number of nitrogens with zero attached hydrogens (tertiary/aromatic N) is 2. The first kappa shape index (κ1) is 15.3. The Morgan fingerprint density at radius 2 is 1.67 bits per heavy atom. The molecule has 2 aliphatic heterocycles. The number of carbonyl (C=O) groups is 1. The average Bonchev–Trinajstić information content (AvgIpc) is 3.13. The molecule has 3 rings (SSSR count). The van der Waals surface area contributed by atoms with E-state index in [1.54, 1.807) is 0 Å². The van der Waals surface area contributed by atoms with Gasteiger partial charge in [0.2, 0.25) is 5.91 Å². The molecule has 2 heterocycles. The normalized spacial score (nSPS) is 30.5. The third-order valence-corrected chi connectivity index (χ3v) is 6.01. The highest BCUT2D eigenvalue weighted by atomic mass is 16.2. The van der Waals surface area contributed by atoms with E-state index in [-0.39, 0.29) is 5.41 Å². The molecule has 0 aromatic carbocycles. The summed E-state index contributed by atoms with van der Waals surface area (Å²) in [5, 5.41) is 0. The van der Waals surface area contributed by atoms with E-state index < -0.39 is 0 Å². The molecule has 0 radical (unpaired) electrons. The van der Waals surface area contributed by atoms with Gasteiger partial charge >= 0.3 is 0 Å². The minimum Gasteiger partial charge on any atom is -0.341 e. The summed E-state index contributed by atoms with van der Waals surface area (Å²) in [5.74, 6) is 0.369. The summed E-state index contributed by atoms with van der Waals surface area (Å²) >= 11 is 0. The molecule has 1 saturated carbocycles. The van der Waals surface area contributed by atoms with Gasteiger partial charge in [0.1, 0.15) is 0 Å². The van der Waals surface area contributed by atoms with Crippen LogP contribution in [0.4, 0.5) is 0 Å². The zero-order valence-corrected chi connectivity index (χ0v) is 13.4. The number of nitrogens with two attached hydrogens (primary N) is 1. The van der Waals surface area contributed by atoms with Gasteiger partial charge < -0.3 is 10.6 Å². The molecule has 2 saturated heterocycles. The van der Waals surface area contributed by atoms with Crippen molar-refractivity contribution in [3.05, 3.63) is 0 Å². The lowest BCUT2D eigenvalue weighted by Gasteiger charge is -2.34. The molecule has 1 atom stereocenters. The van der Waals surface area contributed by atoms with Crippen LogP contribution in [0.2, 0.25) is 0 Å². The second kappa shape index (κ2) is 6.66. The van der Waals surface area contributed by atoms with Crippen LogP contribution in [0.3, 0.4) is 0 Å². The van der Waals surface area contributed by atoms with Gasteiger partial charge in [-0.15, -0.1) is 0 Å². The highest BCUT2D eigenvalue weighted by Crippen LogP contribution is 2.37. The molecule has 0 bridgehead atoms. The molecule has 1 amide bonds. The topological polar surface area (TPSA) is 49.6 Å². The van der Waals surface area contributed by atoms with Gasteiger partial charge in [-0.05, 0) is 45.2 Å². The number of hydrogen-bond acceptors (Lipinski definition) is 3. The highest BCUT2D eigenvalue weighted by Gasteiger charge is 2.42. The fraction of sp³-hybridized carbons (Fsp3) is 0.941. The zero-order chi connectivity index (χ0) is 14.7. The summed E-state index contributed by atoms with van der Waals surface area (Å²) in [4.78, 5) is 17.8. The van der Waals surface area contributed by atoms with Gasteiger partial charge in [0.25, 0.3) is 0 Å². The summed E-state index contributed by atoms with van der Waals surface area (Å²) in [6.07, 6.45) is 10.7. The lowest BCUT2D eigenvalue weighted by Crippen LogP contribution is -2.48. The van der Waals surface area contributed by atoms with Gasteiger partial charge in [-0.2, -0.15) is 0 Å². The van der Waals surface area contributed by atoms with E-state index in [4.69, 9.17) is 5.73 Å². The van der Waals surface area contributed by atoms with E-state index in [9.17, 15) is 4.79 Å². The molecule has 120 valence electrons. The summed E-state index contributed by atoms with van der Waals surface area (Å²) in [5.41, 5.74) is 5.84. The quantitative estimate of drug-likeness (QED) is 0.810. The minimum atomic E-state index is -0.240. The number of amides is 1. The Morgan fingerprint density at radius 1 is 1.00 bits per heavy atom.